The molecule has 3 heteroatoms. The minimum absolute atomic E-state index is 0.289. The van der Waals surface area contributed by atoms with E-state index in [4.69, 9.17) is 4.74 Å². The molecule has 2 heterocycles. The standard InChI is InChI=1S/C13H23NO2/c1-9(2)4-13(15)10-5-11-7-16-8-12(6-10)14(11)3/h9-12H,4-8H2,1-3H3. The first kappa shape index (κ1) is 12.1. The molecule has 2 atom stereocenters. The van der Waals surface area contributed by atoms with Gasteiger partial charge in [-0.05, 0) is 25.8 Å². The smallest absolute Gasteiger partial charge is 0.136 e. The zero-order valence-corrected chi connectivity index (χ0v) is 10.6. The number of likely N-dealkylation sites (N-methyl/N-ethyl adjacent to an activating group) is 1. The Labute approximate surface area is 98.1 Å². The third-order valence-corrected chi connectivity index (χ3v) is 3.95. The highest BCUT2D eigenvalue weighted by atomic mass is 16.5. The van der Waals surface area contributed by atoms with Gasteiger partial charge in [0.25, 0.3) is 0 Å². The maximum atomic E-state index is 12.1. The fourth-order valence-corrected chi connectivity index (χ4v) is 2.93. The lowest BCUT2D eigenvalue weighted by Gasteiger charge is -2.46. The molecule has 0 N–H and O–H groups in total. The van der Waals surface area contributed by atoms with Gasteiger partial charge >= 0.3 is 0 Å². The van der Waals surface area contributed by atoms with E-state index < -0.39 is 0 Å². The number of ether oxygens (including phenoxy) is 1. The van der Waals surface area contributed by atoms with Crippen LogP contribution in [-0.2, 0) is 9.53 Å². The van der Waals surface area contributed by atoms with E-state index in [1.807, 2.05) is 0 Å². The van der Waals surface area contributed by atoms with Crippen molar-refractivity contribution in [3.8, 4) is 0 Å². The third-order valence-electron chi connectivity index (χ3n) is 3.95. The van der Waals surface area contributed by atoms with Crippen molar-refractivity contribution >= 4 is 5.78 Å². The van der Waals surface area contributed by atoms with E-state index in [0.29, 0.717) is 23.8 Å². The highest BCUT2D eigenvalue weighted by molar-refractivity contribution is 5.81. The Balaban J connectivity index is 1.96. The van der Waals surface area contributed by atoms with Gasteiger partial charge in [-0.15, -0.1) is 0 Å². The Hall–Kier alpha value is -0.410. The molecule has 2 saturated heterocycles. The number of nitrogens with zero attached hydrogens (tertiary/aromatic N) is 1. The molecule has 3 nitrogen and oxygen atoms in total. The molecule has 2 aliphatic heterocycles. The Morgan fingerprint density at radius 3 is 2.38 bits per heavy atom. The maximum absolute atomic E-state index is 12.1. The van der Waals surface area contributed by atoms with E-state index in [-0.39, 0.29) is 5.92 Å². The van der Waals surface area contributed by atoms with Crippen LogP contribution in [0.5, 0.6) is 0 Å². The van der Waals surface area contributed by atoms with Gasteiger partial charge in [-0.1, -0.05) is 13.8 Å². The van der Waals surface area contributed by atoms with E-state index in [1.54, 1.807) is 0 Å². The van der Waals surface area contributed by atoms with Crippen molar-refractivity contribution in [2.45, 2.75) is 45.2 Å². The molecule has 0 spiro atoms. The lowest BCUT2D eigenvalue weighted by molar-refractivity contribution is -0.131. The molecule has 0 aromatic rings. The van der Waals surface area contributed by atoms with Crippen LogP contribution < -0.4 is 0 Å². The fraction of sp³-hybridized carbons (Fsp3) is 0.923. The molecule has 0 saturated carbocycles. The van der Waals surface area contributed by atoms with Crippen LogP contribution >= 0.6 is 0 Å². The molecule has 0 aromatic heterocycles. The molecule has 2 rings (SSSR count). The first-order valence-electron chi connectivity index (χ1n) is 6.40. The number of ketones is 1. The predicted octanol–water partition coefficient (Wildman–Crippen LogP) is 1.71. The number of piperidine rings is 1. The summed E-state index contributed by atoms with van der Waals surface area (Å²) in [5.74, 6) is 1.25. The summed E-state index contributed by atoms with van der Waals surface area (Å²) in [7, 11) is 2.17. The summed E-state index contributed by atoms with van der Waals surface area (Å²) in [5.41, 5.74) is 0. The lowest BCUT2D eigenvalue weighted by Crippen LogP contribution is -2.55. The number of rotatable bonds is 3. The van der Waals surface area contributed by atoms with E-state index in [1.165, 1.54) is 0 Å². The van der Waals surface area contributed by atoms with Crippen molar-refractivity contribution in [3.05, 3.63) is 0 Å². The van der Waals surface area contributed by atoms with Gasteiger partial charge < -0.3 is 4.74 Å². The average molecular weight is 225 g/mol. The minimum atomic E-state index is 0.289. The van der Waals surface area contributed by atoms with Gasteiger partial charge in [0, 0.05) is 24.4 Å². The maximum Gasteiger partial charge on any atom is 0.136 e. The number of carbonyl (C=O) groups is 1. The number of morpholine rings is 1. The molecule has 16 heavy (non-hydrogen) atoms. The van der Waals surface area contributed by atoms with Crippen molar-refractivity contribution in [1.29, 1.82) is 0 Å². The van der Waals surface area contributed by atoms with Crippen molar-refractivity contribution < 1.29 is 9.53 Å². The molecular weight excluding hydrogens is 202 g/mol. The normalized spacial score (nSPS) is 35.4. The Bertz CT molecular complexity index is 251. The summed E-state index contributed by atoms with van der Waals surface area (Å²) in [4.78, 5) is 14.5. The topological polar surface area (TPSA) is 29.5 Å². The van der Waals surface area contributed by atoms with Gasteiger partial charge in [0.05, 0.1) is 13.2 Å². The number of carbonyl (C=O) groups excluding carboxylic acids is 1. The molecule has 2 bridgehead atoms. The Morgan fingerprint density at radius 2 is 1.88 bits per heavy atom. The van der Waals surface area contributed by atoms with Gasteiger partial charge in [0.15, 0.2) is 0 Å². The molecule has 0 radical (unpaired) electrons. The SMILES string of the molecule is CC(C)CC(=O)C1CC2COCC(C1)N2C. The highest BCUT2D eigenvalue weighted by Gasteiger charge is 2.39. The van der Waals surface area contributed by atoms with Crippen LogP contribution in [0, 0.1) is 11.8 Å². The highest BCUT2D eigenvalue weighted by Crippen LogP contribution is 2.31. The minimum Gasteiger partial charge on any atom is -0.378 e. The first-order valence-corrected chi connectivity index (χ1v) is 6.40. The molecule has 2 unspecified atom stereocenters. The molecular formula is C13H23NO2. The van der Waals surface area contributed by atoms with E-state index in [0.717, 1.165) is 32.5 Å². The number of Topliss-reactive ketones (excluding diaryl/α,β-unsaturated/α-hetero) is 1. The van der Waals surface area contributed by atoms with Crippen LogP contribution in [-0.4, -0.2) is 43.0 Å². The van der Waals surface area contributed by atoms with Crippen LogP contribution in [0.3, 0.4) is 0 Å². The second-order valence-corrected chi connectivity index (χ2v) is 5.74. The molecule has 92 valence electrons. The summed E-state index contributed by atoms with van der Waals surface area (Å²) in [6.07, 6.45) is 2.74. The van der Waals surface area contributed by atoms with Crippen molar-refractivity contribution in [3.63, 3.8) is 0 Å². The summed E-state index contributed by atoms with van der Waals surface area (Å²) < 4.78 is 5.56. The van der Waals surface area contributed by atoms with Gasteiger partial charge in [0.2, 0.25) is 0 Å². The van der Waals surface area contributed by atoms with Crippen LogP contribution in [0.25, 0.3) is 0 Å². The average Bonchev–Trinajstić information content (AvgIpc) is 2.15. The quantitative estimate of drug-likeness (QED) is 0.732. The van der Waals surface area contributed by atoms with Crippen molar-refractivity contribution in [1.82, 2.24) is 4.90 Å². The van der Waals surface area contributed by atoms with Crippen LogP contribution in [0.4, 0.5) is 0 Å². The van der Waals surface area contributed by atoms with Gasteiger partial charge in [0.1, 0.15) is 5.78 Å². The van der Waals surface area contributed by atoms with Crippen LogP contribution in [0.2, 0.25) is 0 Å². The fourth-order valence-electron chi connectivity index (χ4n) is 2.93. The molecule has 0 amide bonds. The predicted molar refractivity (Wildman–Crippen MR) is 63.3 cm³/mol. The number of hydrogen-bond donors (Lipinski definition) is 0. The van der Waals surface area contributed by atoms with E-state index >= 15 is 0 Å². The first-order chi connectivity index (χ1) is 7.58. The Kier molecular flexibility index (Phi) is 3.65. The molecule has 2 fully saturated rings. The Morgan fingerprint density at radius 1 is 1.31 bits per heavy atom. The van der Waals surface area contributed by atoms with Gasteiger partial charge in [-0.2, -0.15) is 0 Å². The summed E-state index contributed by atoms with van der Waals surface area (Å²) in [6, 6.07) is 0.933. The molecule has 0 aromatic carbocycles. The second-order valence-electron chi connectivity index (χ2n) is 5.74. The van der Waals surface area contributed by atoms with Crippen molar-refractivity contribution in [2.75, 3.05) is 20.3 Å². The van der Waals surface area contributed by atoms with Crippen molar-refractivity contribution in [2.24, 2.45) is 11.8 Å². The summed E-state index contributed by atoms with van der Waals surface area (Å²) >= 11 is 0. The van der Waals surface area contributed by atoms with Crippen LogP contribution in [0.15, 0.2) is 0 Å². The number of hydrogen-bond acceptors (Lipinski definition) is 3. The lowest BCUT2D eigenvalue weighted by atomic mass is 9.81. The largest absolute Gasteiger partial charge is 0.378 e. The zero-order chi connectivity index (χ0) is 11.7. The summed E-state index contributed by atoms with van der Waals surface area (Å²) in [6.45, 7) is 5.85. The molecule has 2 aliphatic rings. The zero-order valence-electron chi connectivity index (χ0n) is 10.6. The van der Waals surface area contributed by atoms with E-state index in [2.05, 4.69) is 25.8 Å². The molecule has 0 aliphatic carbocycles. The van der Waals surface area contributed by atoms with Gasteiger partial charge in [-0.25, -0.2) is 0 Å². The monoisotopic (exact) mass is 225 g/mol. The summed E-state index contributed by atoms with van der Waals surface area (Å²) in [5, 5.41) is 0. The number of fused-ring (bicyclic) bond motifs is 2. The van der Waals surface area contributed by atoms with Gasteiger partial charge in [-0.3, -0.25) is 9.69 Å². The van der Waals surface area contributed by atoms with Crippen LogP contribution in [0.1, 0.15) is 33.1 Å². The second kappa shape index (κ2) is 4.84. The third kappa shape index (κ3) is 2.46. The van der Waals surface area contributed by atoms with E-state index in [9.17, 15) is 4.79 Å².